The lowest BCUT2D eigenvalue weighted by Gasteiger charge is -2.27. The third-order valence-corrected chi connectivity index (χ3v) is 6.70. The number of allylic oxidation sites excluding steroid dienone is 1. The molecule has 0 aliphatic carbocycles. The fourth-order valence-corrected chi connectivity index (χ4v) is 4.62. The van der Waals surface area contributed by atoms with Crippen LogP contribution in [0.3, 0.4) is 0 Å². The molecule has 0 saturated carbocycles. The van der Waals surface area contributed by atoms with Crippen molar-refractivity contribution in [2.45, 2.75) is 13.0 Å². The number of nitro benzene ring substituents is 1. The van der Waals surface area contributed by atoms with Gasteiger partial charge in [0.2, 0.25) is 0 Å². The molecule has 1 aromatic heterocycles. The second-order valence-electron chi connectivity index (χ2n) is 8.43. The molecule has 1 aliphatic rings. The van der Waals surface area contributed by atoms with Crippen LogP contribution in [0.2, 0.25) is 0 Å². The number of hydrogen-bond donors (Lipinski definition) is 1. The van der Waals surface area contributed by atoms with Crippen molar-refractivity contribution in [2.24, 2.45) is 5.16 Å². The van der Waals surface area contributed by atoms with Gasteiger partial charge in [0.25, 0.3) is 5.69 Å². The number of non-ortho nitro benzene ring substituents is 1. The van der Waals surface area contributed by atoms with Gasteiger partial charge in [0.15, 0.2) is 17.2 Å². The topological polar surface area (TPSA) is 94.2 Å². The Hall–Kier alpha value is -4.76. The number of nitro groups is 1. The second kappa shape index (κ2) is 11.1. The minimum atomic E-state index is -0.446. The zero-order valence-corrected chi connectivity index (χ0v) is 20.7. The van der Waals surface area contributed by atoms with E-state index in [1.165, 1.54) is 35.6 Å². The maximum atomic E-state index is 13.4. The average Bonchev–Trinajstić information content (AvgIpc) is 3.43. The number of hydrogen-bond acceptors (Lipinski definition) is 7. The Bertz CT molecular complexity index is 1540. The van der Waals surface area contributed by atoms with Crippen molar-refractivity contribution in [1.82, 2.24) is 0 Å². The van der Waals surface area contributed by atoms with E-state index in [1.54, 1.807) is 42.5 Å². The Balaban J connectivity index is 1.43. The fraction of sp³-hybridized carbons (Fsp3) is 0.0690. The van der Waals surface area contributed by atoms with Crippen molar-refractivity contribution < 1.29 is 24.0 Å². The van der Waals surface area contributed by atoms with E-state index in [4.69, 9.17) is 9.47 Å². The maximum absolute atomic E-state index is 13.4. The van der Waals surface area contributed by atoms with Crippen LogP contribution in [0, 0.1) is 15.9 Å². The molecule has 4 aromatic rings. The summed E-state index contributed by atoms with van der Waals surface area (Å²) < 4.78 is 25.2. The van der Waals surface area contributed by atoms with Gasteiger partial charge in [0, 0.05) is 35.1 Å². The van der Waals surface area contributed by atoms with Crippen LogP contribution in [-0.4, -0.2) is 15.8 Å². The maximum Gasteiger partial charge on any atom is 0.269 e. The van der Waals surface area contributed by atoms with Crippen LogP contribution < -0.4 is 4.74 Å². The van der Waals surface area contributed by atoms with Gasteiger partial charge in [-0.1, -0.05) is 47.6 Å². The first-order valence-corrected chi connectivity index (χ1v) is 12.5. The quantitative estimate of drug-likeness (QED) is 0.148. The summed E-state index contributed by atoms with van der Waals surface area (Å²) in [5.74, 6) is 1.14. The van der Waals surface area contributed by atoms with Gasteiger partial charge in [-0.05, 0) is 52.4 Å². The molecule has 0 amide bonds. The van der Waals surface area contributed by atoms with Crippen molar-refractivity contribution in [3.8, 4) is 5.75 Å². The molecule has 1 aliphatic heterocycles. The van der Waals surface area contributed by atoms with Crippen LogP contribution in [0.15, 0.2) is 107 Å². The molecule has 38 heavy (non-hydrogen) atoms. The molecule has 9 heteroatoms. The third-order valence-electron chi connectivity index (χ3n) is 5.88. The van der Waals surface area contributed by atoms with Gasteiger partial charge >= 0.3 is 0 Å². The van der Waals surface area contributed by atoms with Crippen LogP contribution in [-0.2, 0) is 17.8 Å². The van der Waals surface area contributed by atoms with Crippen molar-refractivity contribution >= 4 is 34.4 Å². The molecule has 2 heterocycles. The summed E-state index contributed by atoms with van der Waals surface area (Å²) in [6.07, 6.45) is 2.18. The third kappa shape index (κ3) is 5.63. The molecule has 7 nitrogen and oxygen atoms in total. The fourth-order valence-electron chi connectivity index (χ4n) is 3.97. The van der Waals surface area contributed by atoms with E-state index in [-0.39, 0.29) is 18.1 Å². The summed E-state index contributed by atoms with van der Waals surface area (Å²) in [5.41, 5.74) is 3.40. The highest BCUT2D eigenvalue weighted by Gasteiger charge is 2.33. The van der Waals surface area contributed by atoms with Crippen molar-refractivity contribution in [3.63, 3.8) is 0 Å². The molecular weight excluding hydrogens is 507 g/mol. The van der Waals surface area contributed by atoms with Gasteiger partial charge in [-0.3, -0.25) is 10.1 Å². The number of nitrogens with zero attached hydrogens (tertiary/aromatic N) is 2. The van der Waals surface area contributed by atoms with E-state index in [0.717, 1.165) is 21.6 Å². The first-order valence-electron chi connectivity index (χ1n) is 11.6. The number of halogens is 1. The molecule has 0 unspecified atom stereocenters. The van der Waals surface area contributed by atoms with Crippen LogP contribution in [0.1, 0.15) is 21.6 Å². The minimum absolute atomic E-state index is 0.00132. The lowest BCUT2D eigenvalue weighted by atomic mass is 9.93. The largest absolute Gasteiger partial charge is 0.489 e. The lowest BCUT2D eigenvalue weighted by molar-refractivity contribution is -0.384. The first kappa shape index (κ1) is 24.9. The van der Waals surface area contributed by atoms with E-state index in [2.05, 4.69) is 5.16 Å². The van der Waals surface area contributed by atoms with E-state index in [1.807, 2.05) is 29.6 Å². The molecule has 1 fully saturated rings. The predicted molar refractivity (Wildman–Crippen MR) is 143 cm³/mol. The Morgan fingerprint density at radius 1 is 1.05 bits per heavy atom. The molecule has 1 saturated heterocycles. The van der Waals surface area contributed by atoms with Gasteiger partial charge in [-0.2, -0.15) is 0 Å². The van der Waals surface area contributed by atoms with Gasteiger partial charge in [0.05, 0.1) is 4.92 Å². The normalized spacial score (nSPS) is 16.1. The summed E-state index contributed by atoms with van der Waals surface area (Å²) in [5, 5.41) is 26.2. The Labute approximate surface area is 221 Å². The van der Waals surface area contributed by atoms with Gasteiger partial charge < -0.3 is 14.7 Å². The smallest absolute Gasteiger partial charge is 0.269 e. The summed E-state index contributed by atoms with van der Waals surface area (Å²) in [6, 6.07) is 23.6. The molecule has 5 rings (SSSR count). The van der Waals surface area contributed by atoms with E-state index in [0.29, 0.717) is 35.0 Å². The minimum Gasteiger partial charge on any atom is -0.489 e. The highest BCUT2D eigenvalue weighted by atomic mass is 32.1. The first-order chi connectivity index (χ1) is 18.5. The Morgan fingerprint density at radius 3 is 2.50 bits per heavy atom. The highest BCUT2D eigenvalue weighted by Crippen LogP contribution is 2.37. The summed E-state index contributed by atoms with van der Waals surface area (Å²) in [7, 11) is 0. The number of ether oxygens (including phenoxy) is 2. The van der Waals surface area contributed by atoms with Gasteiger partial charge in [-0.25, -0.2) is 4.39 Å². The predicted octanol–water partition coefficient (Wildman–Crippen LogP) is 7.23. The second-order valence-corrected chi connectivity index (χ2v) is 9.40. The van der Waals surface area contributed by atoms with Crippen molar-refractivity contribution in [1.29, 1.82) is 0 Å². The molecule has 0 spiro atoms. The Kier molecular flexibility index (Phi) is 7.28. The van der Waals surface area contributed by atoms with Crippen molar-refractivity contribution in [3.05, 3.63) is 139 Å². The molecule has 0 bridgehead atoms. The molecule has 1 N–H and O–H groups in total. The van der Waals surface area contributed by atoms with Crippen molar-refractivity contribution in [2.75, 3.05) is 0 Å². The molecule has 0 radical (unpaired) electrons. The van der Waals surface area contributed by atoms with Crippen LogP contribution in [0.25, 0.3) is 11.6 Å². The van der Waals surface area contributed by atoms with E-state index in [9.17, 15) is 19.7 Å². The zero-order chi connectivity index (χ0) is 26.5. The van der Waals surface area contributed by atoms with Crippen LogP contribution in [0.4, 0.5) is 10.1 Å². The Morgan fingerprint density at radius 2 is 1.84 bits per heavy atom. The monoisotopic (exact) mass is 528 g/mol. The number of oxime groups is 1. The summed E-state index contributed by atoms with van der Waals surface area (Å²) in [4.78, 5) is 11.6. The molecular formula is C29H21FN2O5S. The summed E-state index contributed by atoms with van der Waals surface area (Å²) in [6.45, 7) is 0.217. The SMILES string of the molecule is O=[N+]([O-])c1ccc(C/C(=C2/OC(=C\c3cccs3)/C2=N\O)c2ccc(OCc3cccc(F)c3)cc2)cc1. The van der Waals surface area contributed by atoms with Gasteiger partial charge in [-0.15, -0.1) is 11.3 Å². The lowest BCUT2D eigenvalue weighted by Crippen LogP contribution is -2.25. The molecule has 3 aromatic carbocycles. The molecule has 190 valence electrons. The van der Waals surface area contributed by atoms with Crippen LogP contribution >= 0.6 is 11.3 Å². The van der Waals surface area contributed by atoms with Gasteiger partial charge in [0.1, 0.15) is 18.2 Å². The standard InChI is InChI=1S/C29H21FN2O5S/c30-22-4-1-3-20(15-22)18-36-24-12-8-21(9-13-24)26(16-19-6-10-23(11-7-19)32(34)35)29-28(31-33)27(37-29)17-25-5-2-14-38-25/h1-15,17,33H,16,18H2/b27-17-,29-26-,31-28+. The number of benzene rings is 3. The highest BCUT2D eigenvalue weighted by molar-refractivity contribution is 7.10. The number of rotatable bonds is 8. The van der Waals surface area contributed by atoms with E-state index >= 15 is 0 Å². The van der Waals surface area contributed by atoms with E-state index < -0.39 is 4.92 Å². The molecule has 0 atom stereocenters. The van der Waals surface area contributed by atoms with Crippen LogP contribution in [0.5, 0.6) is 5.75 Å². The zero-order valence-electron chi connectivity index (χ0n) is 19.9. The summed E-state index contributed by atoms with van der Waals surface area (Å²) >= 11 is 1.53. The number of thiophene rings is 1. The average molecular weight is 529 g/mol.